The van der Waals surface area contributed by atoms with Crippen molar-refractivity contribution in [1.29, 1.82) is 0 Å². The van der Waals surface area contributed by atoms with Gasteiger partial charge in [-0.3, -0.25) is 4.90 Å². The normalized spacial score (nSPS) is 16.8. The lowest BCUT2D eigenvalue weighted by Crippen LogP contribution is -2.57. The lowest BCUT2D eigenvalue weighted by molar-refractivity contribution is 0.0528. The van der Waals surface area contributed by atoms with Crippen LogP contribution in [0.25, 0.3) is 0 Å². The predicted octanol–water partition coefficient (Wildman–Crippen LogP) is 0.675. The maximum Gasteiger partial charge on any atom is 0.264 e. The summed E-state index contributed by atoms with van der Waals surface area (Å²) in [4.78, 5) is 6.25. The molecule has 0 bridgehead atoms. The summed E-state index contributed by atoms with van der Waals surface area (Å²) in [6.07, 6.45) is 0. The molecule has 0 saturated heterocycles. The molecule has 7 nitrogen and oxygen atoms in total. The van der Waals surface area contributed by atoms with Gasteiger partial charge in [-0.25, -0.2) is 18.1 Å². The van der Waals surface area contributed by atoms with E-state index in [0.717, 1.165) is 4.47 Å². The molecule has 1 aliphatic rings. The number of nitrogens with one attached hydrogen (secondary N) is 2. The van der Waals surface area contributed by atoms with E-state index in [9.17, 15) is 13.5 Å². The van der Waals surface area contributed by atoms with Gasteiger partial charge in [-0.1, -0.05) is 15.9 Å². The Hall–Kier alpha value is -1.16. The second-order valence-corrected chi connectivity index (χ2v) is 8.15. The Morgan fingerprint density at radius 3 is 2.55 bits per heavy atom. The van der Waals surface area contributed by atoms with Crippen molar-refractivity contribution >= 4 is 31.9 Å². The first-order chi connectivity index (χ1) is 10.2. The minimum Gasteiger partial charge on any atom is -0.394 e. The molecule has 2 rings (SSSR count). The SMILES string of the molecule is CC(C)(CO)N1CN=C(NS(=O)(=O)c2ccc(Br)cc2)NC1. The van der Waals surface area contributed by atoms with E-state index >= 15 is 0 Å². The van der Waals surface area contributed by atoms with Crippen LogP contribution in [-0.2, 0) is 10.0 Å². The Morgan fingerprint density at radius 2 is 2.05 bits per heavy atom. The van der Waals surface area contributed by atoms with Crippen molar-refractivity contribution < 1.29 is 13.5 Å². The van der Waals surface area contributed by atoms with Crippen molar-refractivity contribution in [2.75, 3.05) is 19.9 Å². The van der Waals surface area contributed by atoms with Crippen LogP contribution in [0.1, 0.15) is 13.8 Å². The summed E-state index contributed by atoms with van der Waals surface area (Å²) >= 11 is 3.27. The highest BCUT2D eigenvalue weighted by Gasteiger charge is 2.28. The van der Waals surface area contributed by atoms with Crippen molar-refractivity contribution in [3.05, 3.63) is 28.7 Å². The van der Waals surface area contributed by atoms with Crippen LogP contribution < -0.4 is 10.0 Å². The summed E-state index contributed by atoms with van der Waals surface area (Å²) in [6, 6.07) is 6.35. The lowest BCUT2D eigenvalue weighted by atomic mass is 10.1. The van der Waals surface area contributed by atoms with Gasteiger partial charge in [0.1, 0.15) is 0 Å². The third kappa shape index (κ3) is 3.97. The number of hydrogen-bond donors (Lipinski definition) is 3. The number of benzene rings is 1. The standard InChI is InChI=1S/C13H19BrN4O3S/c1-13(2,7-19)18-8-15-12(16-9-18)17-22(20,21)11-5-3-10(14)4-6-11/h3-6,19H,7-9H2,1-2H3,(H2,15,16,17). The molecule has 9 heteroatoms. The van der Waals surface area contributed by atoms with Crippen LogP contribution in [0.5, 0.6) is 0 Å². The molecule has 1 aromatic rings. The van der Waals surface area contributed by atoms with E-state index in [1.54, 1.807) is 12.1 Å². The van der Waals surface area contributed by atoms with Gasteiger partial charge in [0.25, 0.3) is 10.0 Å². The number of sulfonamides is 1. The minimum atomic E-state index is -3.67. The molecule has 0 radical (unpaired) electrons. The van der Waals surface area contributed by atoms with Gasteiger partial charge in [0.2, 0.25) is 5.96 Å². The molecule has 0 fully saturated rings. The van der Waals surface area contributed by atoms with Crippen LogP contribution in [0.3, 0.4) is 0 Å². The summed E-state index contributed by atoms with van der Waals surface area (Å²) in [5.74, 6) is 0.202. The number of guanidine groups is 1. The van der Waals surface area contributed by atoms with Crippen LogP contribution in [0.4, 0.5) is 0 Å². The molecule has 0 amide bonds. The van der Waals surface area contributed by atoms with Crippen molar-refractivity contribution in [1.82, 2.24) is 14.9 Å². The summed E-state index contributed by atoms with van der Waals surface area (Å²) in [6.45, 7) is 4.47. The molecular weight excluding hydrogens is 372 g/mol. The quantitative estimate of drug-likeness (QED) is 0.702. The highest BCUT2D eigenvalue weighted by molar-refractivity contribution is 9.10. The smallest absolute Gasteiger partial charge is 0.264 e. The number of halogens is 1. The fourth-order valence-corrected chi connectivity index (χ4v) is 3.07. The third-order valence-electron chi connectivity index (χ3n) is 3.43. The Balaban J connectivity index is 2.07. The van der Waals surface area contributed by atoms with Crippen molar-refractivity contribution in [2.45, 2.75) is 24.3 Å². The van der Waals surface area contributed by atoms with Gasteiger partial charge in [0.15, 0.2) is 0 Å². The summed E-state index contributed by atoms with van der Waals surface area (Å²) in [7, 11) is -3.67. The zero-order valence-corrected chi connectivity index (χ0v) is 14.8. The van der Waals surface area contributed by atoms with E-state index in [1.165, 1.54) is 12.1 Å². The Labute approximate surface area is 138 Å². The number of rotatable bonds is 4. The molecule has 0 unspecified atom stereocenters. The molecule has 22 heavy (non-hydrogen) atoms. The van der Waals surface area contributed by atoms with Crippen molar-refractivity contribution in [2.24, 2.45) is 4.99 Å². The van der Waals surface area contributed by atoms with Crippen molar-refractivity contribution in [3.8, 4) is 0 Å². The Morgan fingerprint density at radius 1 is 1.41 bits per heavy atom. The van der Waals surface area contributed by atoms with E-state index in [2.05, 4.69) is 31.0 Å². The Bertz CT molecular complexity index is 658. The molecule has 1 heterocycles. The second kappa shape index (κ2) is 6.53. The molecule has 1 aliphatic heterocycles. The molecule has 0 atom stereocenters. The van der Waals surface area contributed by atoms with E-state index in [0.29, 0.717) is 13.3 Å². The Kier molecular flexibility index (Phi) is 5.10. The molecule has 3 N–H and O–H groups in total. The van der Waals surface area contributed by atoms with Gasteiger partial charge in [-0.2, -0.15) is 0 Å². The van der Waals surface area contributed by atoms with Crippen LogP contribution in [-0.4, -0.2) is 49.9 Å². The second-order valence-electron chi connectivity index (χ2n) is 5.55. The lowest BCUT2D eigenvalue weighted by Gasteiger charge is -2.38. The van der Waals surface area contributed by atoms with Gasteiger partial charge in [-0.05, 0) is 38.1 Å². The summed E-state index contributed by atoms with van der Waals surface area (Å²) in [5.41, 5.74) is -0.424. The number of aliphatic imine (C=N–C) groups is 1. The largest absolute Gasteiger partial charge is 0.394 e. The number of aliphatic hydroxyl groups is 1. The van der Waals surface area contributed by atoms with E-state index in [1.807, 2.05) is 18.7 Å². The van der Waals surface area contributed by atoms with Gasteiger partial charge in [0, 0.05) is 10.0 Å². The van der Waals surface area contributed by atoms with Gasteiger partial charge in [0.05, 0.1) is 24.8 Å². The molecular formula is C13H19BrN4O3S. The van der Waals surface area contributed by atoms with Crippen LogP contribution >= 0.6 is 15.9 Å². The van der Waals surface area contributed by atoms with Crippen LogP contribution in [0.15, 0.2) is 38.6 Å². The van der Waals surface area contributed by atoms with E-state index in [4.69, 9.17) is 0 Å². The number of aliphatic hydroxyl groups excluding tert-OH is 1. The molecule has 122 valence electrons. The first-order valence-electron chi connectivity index (χ1n) is 6.67. The van der Waals surface area contributed by atoms with Crippen LogP contribution in [0, 0.1) is 0 Å². The average Bonchev–Trinajstić information content (AvgIpc) is 2.48. The number of hydrogen-bond acceptors (Lipinski definition) is 6. The minimum absolute atomic E-state index is 0.00977. The maximum absolute atomic E-state index is 12.2. The fraction of sp³-hybridized carbons (Fsp3) is 0.462. The molecule has 1 aromatic carbocycles. The molecule has 0 aliphatic carbocycles. The zero-order chi connectivity index (χ0) is 16.4. The topological polar surface area (TPSA) is 94.0 Å². The fourth-order valence-electron chi connectivity index (χ4n) is 1.81. The zero-order valence-electron chi connectivity index (χ0n) is 12.4. The van der Waals surface area contributed by atoms with E-state index < -0.39 is 15.6 Å². The van der Waals surface area contributed by atoms with Gasteiger partial charge in [-0.15, -0.1) is 0 Å². The summed E-state index contributed by atoms with van der Waals surface area (Å²) < 4.78 is 27.7. The third-order valence-corrected chi connectivity index (χ3v) is 5.32. The monoisotopic (exact) mass is 390 g/mol. The van der Waals surface area contributed by atoms with Crippen LogP contribution in [0.2, 0.25) is 0 Å². The first-order valence-corrected chi connectivity index (χ1v) is 8.95. The molecule has 0 spiro atoms. The first kappa shape index (κ1) is 17.2. The highest BCUT2D eigenvalue weighted by Crippen LogP contribution is 2.16. The van der Waals surface area contributed by atoms with Gasteiger partial charge < -0.3 is 10.4 Å². The maximum atomic E-state index is 12.2. The summed E-state index contributed by atoms with van der Waals surface area (Å²) in [5, 5.41) is 12.2. The molecule has 0 aromatic heterocycles. The number of nitrogens with zero attached hydrogens (tertiary/aromatic N) is 2. The van der Waals surface area contributed by atoms with E-state index in [-0.39, 0.29) is 17.5 Å². The highest BCUT2D eigenvalue weighted by atomic mass is 79.9. The van der Waals surface area contributed by atoms with Gasteiger partial charge >= 0.3 is 0 Å². The van der Waals surface area contributed by atoms with Crippen molar-refractivity contribution in [3.63, 3.8) is 0 Å². The molecule has 0 saturated carbocycles. The predicted molar refractivity (Wildman–Crippen MR) is 87.8 cm³/mol. The average molecular weight is 391 g/mol.